The van der Waals surface area contributed by atoms with Crippen LogP contribution in [0.5, 0.6) is 0 Å². The number of nitriles is 1. The van der Waals surface area contributed by atoms with E-state index in [2.05, 4.69) is 14.8 Å². The number of nitrogens with zero attached hydrogens (tertiary/aromatic N) is 6. The Morgan fingerprint density at radius 1 is 1.35 bits per heavy atom. The summed E-state index contributed by atoms with van der Waals surface area (Å²) in [7, 11) is 3.98. The smallest absolute Gasteiger partial charge is 0.207 e. The lowest BCUT2D eigenvalue weighted by Crippen LogP contribution is -2.27. The highest BCUT2D eigenvalue weighted by molar-refractivity contribution is 7.99. The molecule has 4 aromatic rings. The molecule has 1 aliphatic rings. The summed E-state index contributed by atoms with van der Waals surface area (Å²) in [5.41, 5.74) is 8.46. The lowest BCUT2D eigenvalue weighted by Gasteiger charge is -2.19. The average Bonchev–Trinajstić information content (AvgIpc) is 3.46. The largest absolute Gasteiger partial charge is 0.354 e. The highest BCUT2D eigenvalue weighted by Crippen LogP contribution is 2.37. The number of fused-ring (bicyclic) bond motifs is 2. The molecule has 1 aliphatic heterocycles. The fourth-order valence-corrected chi connectivity index (χ4v) is 5.83. The summed E-state index contributed by atoms with van der Waals surface area (Å²) in [5.74, 6) is 0.778. The first kappa shape index (κ1) is 25.5. The van der Waals surface area contributed by atoms with Crippen LogP contribution in [0.25, 0.3) is 21.9 Å². The molecule has 1 saturated heterocycles. The van der Waals surface area contributed by atoms with Gasteiger partial charge >= 0.3 is 0 Å². The molecular formula is C26H29ClN8OS. The van der Waals surface area contributed by atoms with E-state index in [1.807, 2.05) is 49.9 Å². The number of halogens is 1. The minimum Gasteiger partial charge on any atom is -0.354 e. The second-order valence-corrected chi connectivity index (χ2v) is 11.0. The summed E-state index contributed by atoms with van der Waals surface area (Å²) < 4.78 is 1.97. The second kappa shape index (κ2) is 10.3. The first-order chi connectivity index (χ1) is 17.8. The van der Waals surface area contributed by atoms with Gasteiger partial charge in [-0.15, -0.1) is 0 Å². The van der Waals surface area contributed by atoms with Crippen LogP contribution in [0, 0.1) is 11.3 Å². The molecule has 0 unspecified atom stereocenters. The Morgan fingerprint density at radius 2 is 2.16 bits per heavy atom. The van der Waals surface area contributed by atoms with Crippen molar-refractivity contribution in [2.75, 3.05) is 38.6 Å². The Hall–Kier alpha value is -3.10. The predicted octanol–water partition coefficient (Wildman–Crippen LogP) is 3.61. The fourth-order valence-electron chi connectivity index (χ4n) is 4.69. The molecule has 0 spiro atoms. The van der Waals surface area contributed by atoms with Gasteiger partial charge in [0.2, 0.25) is 5.43 Å². The van der Waals surface area contributed by atoms with Crippen molar-refractivity contribution < 1.29 is 0 Å². The molecule has 1 fully saturated rings. The van der Waals surface area contributed by atoms with Crippen molar-refractivity contribution in [3.05, 3.63) is 50.9 Å². The number of nitrogens with one attached hydrogen (secondary N) is 1. The zero-order valence-corrected chi connectivity index (χ0v) is 22.7. The van der Waals surface area contributed by atoms with E-state index < -0.39 is 0 Å². The maximum atomic E-state index is 13.0. The lowest BCUT2D eigenvalue weighted by atomic mass is 10.1. The van der Waals surface area contributed by atoms with E-state index in [0.717, 1.165) is 53.2 Å². The van der Waals surface area contributed by atoms with Crippen LogP contribution in [-0.4, -0.2) is 64.2 Å². The first-order valence-electron chi connectivity index (χ1n) is 12.3. The third-order valence-electron chi connectivity index (χ3n) is 6.67. The fraction of sp³-hybridized carbons (Fsp3) is 0.385. The highest BCUT2D eigenvalue weighted by atomic mass is 35.5. The topological polar surface area (TPSA) is 120 Å². The summed E-state index contributed by atoms with van der Waals surface area (Å²) >= 11 is 8.10. The Bertz CT molecular complexity index is 1590. The SMILES string of the molecule is CCc1[nH]c2nc(Sc3ccc4c(c3)c(=O)c(C#N)cn4CCN(C)C)nc(N3CC[C@H](N)C3)c2c1Cl. The van der Waals surface area contributed by atoms with E-state index in [-0.39, 0.29) is 17.0 Å². The monoisotopic (exact) mass is 536 g/mol. The molecule has 0 bridgehead atoms. The maximum absolute atomic E-state index is 13.0. The molecule has 1 atom stereocenters. The van der Waals surface area contributed by atoms with Crippen molar-refractivity contribution in [1.29, 1.82) is 5.26 Å². The van der Waals surface area contributed by atoms with Gasteiger partial charge in [0.05, 0.1) is 15.9 Å². The standard InChI is InChI=1S/C26H29ClN8OS/c1-4-19-22(27)21-24(30-19)31-26(32-25(21)35-8-7-16(29)14-35)37-17-5-6-20-18(11-17)23(36)15(12-28)13-34(20)10-9-33(2)3/h5-6,11,13,16H,4,7-10,14,29H2,1-3H3,(H,30,31,32)/t16-/m0/s1. The van der Waals surface area contributed by atoms with Gasteiger partial charge in [-0.3, -0.25) is 4.79 Å². The number of likely N-dealkylation sites (N-methyl/N-ethyl adjacent to an activating group) is 1. The Labute approximate surface area is 224 Å². The number of hydrogen-bond donors (Lipinski definition) is 2. The number of pyridine rings is 1. The molecule has 0 radical (unpaired) electrons. The molecule has 37 heavy (non-hydrogen) atoms. The third-order valence-corrected chi connectivity index (χ3v) is 7.94. The number of rotatable bonds is 7. The van der Waals surface area contributed by atoms with Gasteiger partial charge in [0.25, 0.3) is 0 Å². The molecule has 0 aliphatic carbocycles. The van der Waals surface area contributed by atoms with Crippen LogP contribution in [0.15, 0.2) is 39.2 Å². The van der Waals surface area contributed by atoms with Crippen molar-refractivity contribution in [2.24, 2.45) is 5.73 Å². The molecule has 0 saturated carbocycles. The molecule has 4 heterocycles. The summed E-state index contributed by atoms with van der Waals surface area (Å²) in [6, 6.07) is 7.86. The summed E-state index contributed by atoms with van der Waals surface area (Å²) in [5, 5.41) is 12.1. The van der Waals surface area contributed by atoms with E-state index in [1.165, 1.54) is 11.8 Å². The van der Waals surface area contributed by atoms with Crippen LogP contribution < -0.4 is 16.1 Å². The van der Waals surface area contributed by atoms with E-state index in [9.17, 15) is 10.1 Å². The second-order valence-electron chi connectivity index (χ2n) is 9.58. The number of aryl methyl sites for hydroxylation is 1. The van der Waals surface area contributed by atoms with Gasteiger partial charge in [-0.1, -0.05) is 18.5 Å². The van der Waals surface area contributed by atoms with Gasteiger partial charge in [0, 0.05) is 54.4 Å². The van der Waals surface area contributed by atoms with Gasteiger partial charge in [0.15, 0.2) is 5.16 Å². The minimum absolute atomic E-state index is 0.0916. The van der Waals surface area contributed by atoms with E-state index in [4.69, 9.17) is 27.3 Å². The summed E-state index contributed by atoms with van der Waals surface area (Å²) in [4.78, 5) is 31.1. The van der Waals surface area contributed by atoms with Crippen LogP contribution in [0.4, 0.5) is 5.82 Å². The zero-order valence-electron chi connectivity index (χ0n) is 21.1. The van der Waals surface area contributed by atoms with Crippen LogP contribution >= 0.6 is 23.4 Å². The quantitative estimate of drug-likeness (QED) is 0.344. The number of anilines is 1. The van der Waals surface area contributed by atoms with Crippen LogP contribution in [-0.2, 0) is 13.0 Å². The molecular weight excluding hydrogens is 508 g/mol. The van der Waals surface area contributed by atoms with Crippen LogP contribution in [0.1, 0.15) is 24.6 Å². The molecule has 11 heteroatoms. The summed E-state index contributed by atoms with van der Waals surface area (Å²) in [6.07, 6.45) is 3.29. The van der Waals surface area contributed by atoms with Crippen LogP contribution in [0.3, 0.4) is 0 Å². The molecule has 192 valence electrons. The van der Waals surface area contributed by atoms with Gasteiger partial charge in [-0.05, 0) is 56.9 Å². The number of H-pyrrole nitrogens is 1. The number of nitrogens with two attached hydrogens (primary N) is 1. The van der Waals surface area contributed by atoms with Gasteiger partial charge < -0.3 is 25.1 Å². The molecule has 9 nitrogen and oxygen atoms in total. The molecule has 3 aromatic heterocycles. The summed E-state index contributed by atoms with van der Waals surface area (Å²) in [6.45, 7) is 5.01. The van der Waals surface area contributed by atoms with Gasteiger partial charge in [-0.25, -0.2) is 9.97 Å². The Balaban J connectivity index is 1.58. The lowest BCUT2D eigenvalue weighted by molar-refractivity contribution is 0.386. The van der Waals surface area contributed by atoms with Crippen LogP contribution in [0.2, 0.25) is 5.02 Å². The number of hydrogen-bond acceptors (Lipinski definition) is 8. The zero-order chi connectivity index (χ0) is 26.3. The number of benzene rings is 1. The minimum atomic E-state index is -0.270. The van der Waals surface area contributed by atoms with E-state index >= 15 is 0 Å². The van der Waals surface area contributed by atoms with Crippen molar-refractivity contribution in [3.63, 3.8) is 0 Å². The Morgan fingerprint density at radius 3 is 2.84 bits per heavy atom. The van der Waals surface area contributed by atoms with E-state index in [1.54, 1.807) is 6.20 Å². The molecule has 0 amide bonds. The van der Waals surface area contributed by atoms with E-state index in [0.29, 0.717) is 34.3 Å². The van der Waals surface area contributed by atoms with Crippen molar-refractivity contribution in [2.45, 2.75) is 42.4 Å². The van der Waals surface area contributed by atoms with Gasteiger partial charge in [0.1, 0.15) is 23.1 Å². The Kier molecular flexibility index (Phi) is 7.14. The predicted molar refractivity (Wildman–Crippen MR) is 149 cm³/mol. The van der Waals surface area contributed by atoms with Crippen molar-refractivity contribution >= 4 is 51.1 Å². The first-order valence-corrected chi connectivity index (χ1v) is 13.5. The third kappa shape index (κ3) is 4.92. The normalized spacial score (nSPS) is 15.8. The molecule has 3 N–H and O–H groups in total. The maximum Gasteiger partial charge on any atom is 0.207 e. The van der Waals surface area contributed by atoms with Crippen molar-refractivity contribution in [1.82, 2.24) is 24.4 Å². The van der Waals surface area contributed by atoms with Crippen molar-refractivity contribution in [3.8, 4) is 6.07 Å². The molecule has 5 rings (SSSR count). The highest BCUT2D eigenvalue weighted by Gasteiger charge is 2.26. The van der Waals surface area contributed by atoms with Gasteiger partial charge in [-0.2, -0.15) is 5.26 Å². The number of aromatic nitrogens is 4. The molecule has 1 aromatic carbocycles. The average molecular weight is 537 g/mol. The number of aromatic amines is 1.